The lowest BCUT2D eigenvalue weighted by Gasteiger charge is -2.22. The molecule has 2 nitrogen and oxygen atoms in total. The summed E-state index contributed by atoms with van der Waals surface area (Å²) in [6, 6.07) is 14.2. The second kappa shape index (κ2) is 6.47. The third kappa shape index (κ3) is 3.13. The third-order valence-corrected chi connectivity index (χ3v) is 3.76. The fourth-order valence-electron chi connectivity index (χ4n) is 2.53. The standard InChI is InChI=1S/C18H23NO/c1-4-14-8-6-7-13(3)18(14)19-17(5-2)15-9-11-16(20)12-10-15/h6-12,17,19-20H,4-5H2,1-3H3. The number of hydrogen-bond acceptors (Lipinski definition) is 2. The Balaban J connectivity index is 2.29. The Bertz CT molecular complexity index is 560. The summed E-state index contributed by atoms with van der Waals surface area (Å²) in [6.45, 7) is 6.50. The van der Waals surface area contributed by atoms with Crippen LogP contribution in [0.3, 0.4) is 0 Å². The molecule has 106 valence electrons. The number of aromatic hydroxyl groups is 1. The van der Waals surface area contributed by atoms with Crippen LogP contribution in [0, 0.1) is 6.92 Å². The highest BCUT2D eigenvalue weighted by molar-refractivity contribution is 5.58. The van der Waals surface area contributed by atoms with Crippen LogP contribution in [0.2, 0.25) is 0 Å². The predicted octanol–water partition coefficient (Wildman–Crippen LogP) is 4.83. The number of para-hydroxylation sites is 1. The monoisotopic (exact) mass is 269 g/mol. The van der Waals surface area contributed by atoms with Crippen molar-refractivity contribution in [2.24, 2.45) is 0 Å². The van der Waals surface area contributed by atoms with E-state index < -0.39 is 0 Å². The average Bonchev–Trinajstić information content (AvgIpc) is 2.47. The van der Waals surface area contributed by atoms with E-state index in [1.807, 2.05) is 12.1 Å². The van der Waals surface area contributed by atoms with Gasteiger partial charge in [0.2, 0.25) is 0 Å². The molecule has 0 saturated carbocycles. The van der Waals surface area contributed by atoms with Crippen LogP contribution in [-0.2, 0) is 6.42 Å². The van der Waals surface area contributed by atoms with Crippen molar-refractivity contribution in [1.82, 2.24) is 0 Å². The number of anilines is 1. The van der Waals surface area contributed by atoms with Crippen LogP contribution < -0.4 is 5.32 Å². The zero-order valence-electron chi connectivity index (χ0n) is 12.5. The highest BCUT2D eigenvalue weighted by Gasteiger charge is 2.12. The molecule has 0 aromatic heterocycles. The van der Waals surface area contributed by atoms with Gasteiger partial charge in [-0.3, -0.25) is 0 Å². The lowest BCUT2D eigenvalue weighted by Crippen LogP contribution is -2.12. The number of phenolic OH excluding ortho intramolecular Hbond substituents is 1. The Morgan fingerprint density at radius 2 is 1.75 bits per heavy atom. The van der Waals surface area contributed by atoms with Gasteiger partial charge in [0.15, 0.2) is 0 Å². The minimum atomic E-state index is 0.266. The fourth-order valence-corrected chi connectivity index (χ4v) is 2.53. The fraction of sp³-hybridized carbons (Fsp3) is 0.333. The number of hydrogen-bond donors (Lipinski definition) is 2. The second-order valence-corrected chi connectivity index (χ2v) is 5.16. The van der Waals surface area contributed by atoms with Gasteiger partial charge in [0.1, 0.15) is 5.75 Å². The van der Waals surface area contributed by atoms with Crippen LogP contribution >= 0.6 is 0 Å². The maximum Gasteiger partial charge on any atom is 0.115 e. The Morgan fingerprint density at radius 1 is 1.05 bits per heavy atom. The van der Waals surface area contributed by atoms with E-state index in [2.05, 4.69) is 44.3 Å². The molecule has 2 N–H and O–H groups in total. The zero-order valence-corrected chi connectivity index (χ0v) is 12.5. The van der Waals surface area contributed by atoms with Crippen molar-refractivity contribution in [3.05, 3.63) is 59.2 Å². The van der Waals surface area contributed by atoms with E-state index in [9.17, 15) is 5.11 Å². The first-order valence-corrected chi connectivity index (χ1v) is 7.29. The maximum atomic E-state index is 9.41. The molecule has 1 atom stereocenters. The molecule has 2 rings (SSSR count). The van der Waals surface area contributed by atoms with Gasteiger partial charge in [-0.25, -0.2) is 0 Å². The summed E-state index contributed by atoms with van der Waals surface area (Å²) in [5.74, 6) is 0.314. The molecule has 0 amide bonds. The molecule has 0 bridgehead atoms. The molecular weight excluding hydrogens is 246 g/mol. The number of benzene rings is 2. The highest BCUT2D eigenvalue weighted by Crippen LogP contribution is 2.28. The maximum absolute atomic E-state index is 9.41. The molecular formula is C18H23NO. The molecule has 0 aliphatic rings. The topological polar surface area (TPSA) is 32.3 Å². The number of rotatable bonds is 5. The van der Waals surface area contributed by atoms with Gasteiger partial charge in [0, 0.05) is 5.69 Å². The number of aryl methyl sites for hydroxylation is 2. The lowest BCUT2D eigenvalue weighted by atomic mass is 10.0. The van der Waals surface area contributed by atoms with E-state index >= 15 is 0 Å². The van der Waals surface area contributed by atoms with Gasteiger partial charge in [0.25, 0.3) is 0 Å². The van der Waals surface area contributed by atoms with Crippen molar-refractivity contribution in [2.45, 2.75) is 39.7 Å². The Labute approximate surface area is 121 Å². The minimum Gasteiger partial charge on any atom is -0.508 e. The predicted molar refractivity (Wildman–Crippen MR) is 85.3 cm³/mol. The first kappa shape index (κ1) is 14.4. The van der Waals surface area contributed by atoms with Crippen molar-refractivity contribution >= 4 is 5.69 Å². The summed E-state index contributed by atoms with van der Waals surface area (Å²) < 4.78 is 0. The molecule has 0 spiro atoms. The van der Waals surface area contributed by atoms with Crippen molar-refractivity contribution in [3.63, 3.8) is 0 Å². The van der Waals surface area contributed by atoms with Gasteiger partial charge >= 0.3 is 0 Å². The van der Waals surface area contributed by atoms with Crippen molar-refractivity contribution < 1.29 is 5.11 Å². The van der Waals surface area contributed by atoms with Crippen LogP contribution in [0.25, 0.3) is 0 Å². The summed E-state index contributed by atoms with van der Waals surface area (Å²) in [6.07, 6.45) is 2.03. The van der Waals surface area contributed by atoms with Gasteiger partial charge in [-0.15, -0.1) is 0 Å². The summed E-state index contributed by atoms with van der Waals surface area (Å²) in [4.78, 5) is 0. The second-order valence-electron chi connectivity index (χ2n) is 5.16. The molecule has 0 aliphatic carbocycles. The van der Waals surface area contributed by atoms with E-state index in [1.165, 1.54) is 22.4 Å². The van der Waals surface area contributed by atoms with Crippen LogP contribution in [0.15, 0.2) is 42.5 Å². The van der Waals surface area contributed by atoms with E-state index in [0.29, 0.717) is 5.75 Å². The first-order valence-electron chi connectivity index (χ1n) is 7.29. The van der Waals surface area contributed by atoms with E-state index in [4.69, 9.17) is 0 Å². The molecule has 1 unspecified atom stereocenters. The molecule has 2 aromatic rings. The van der Waals surface area contributed by atoms with Gasteiger partial charge in [-0.1, -0.05) is 44.2 Å². The van der Waals surface area contributed by atoms with Crippen LogP contribution in [0.1, 0.15) is 43.0 Å². The molecule has 0 aliphatic heterocycles. The van der Waals surface area contributed by atoms with Crippen LogP contribution in [-0.4, -0.2) is 5.11 Å². The zero-order chi connectivity index (χ0) is 14.5. The molecule has 2 heteroatoms. The van der Waals surface area contributed by atoms with Crippen molar-refractivity contribution in [1.29, 1.82) is 0 Å². The Hall–Kier alpha value is -1.96. The van der Waals surface area contributed by atoms with Gasteiger partial charge in [0.05, 0.1) is 6.04 Å². The minimum absolute atomic E-state index is 0.266. The summed E-state index contributed by atoms with van der Waals surface area (Å²) >= 11 is 0. The molecule has 0 radical (unpaired) electrons. The largest absolute Gasteiger partial charge is 0.508 e. The molecule has 0 saturated heterocycles. The smallest absolute Gasteiger partial charge is 0.115 e. The molecule has 20 heavy (non-hydrogen) atoms. The number of nitrogens with one attached hydrogen (secondary N) is 1. The normalized spacial score (nSPS) is 12.2. The Kier molecular flexibility index (Phi) is 4.67. The van der Waals surface area contributed by atoms with E-state index in [0.717, 1.165) is 12.8 Å². The summed E-state index contributed by atoms with van der Waals surface area (Å²) in [7, 11) is 0. The van der Waals surface area contributed by atoms with Crippen molar-refractivity contribution in [3.8, 4) is 5.75 Å². The molecule has 0 heterocycles. The molecule has 2 aromatic carbocycles. The summed E-state index contributed by atoms with van der Waals surface area (Å²) in [5, 5.41) is 13.1. The lowest BCUT2D eigenvalue weighted by molar-refractivity contribution is 0.475. The highest BCUT2D eigenvalue weighted by atomic mass is 16.3. The van der Waals surface area contributed by atoms with Crippen LogP contribution in [0.4, 0.5) is 5.69 Å². The molecule has 0 fully saturated rings. The van der Waals surface area contributed by atoms with Crippen molar-refractivity contribution in [2.75, 3.05) is 5.32 Å². The van der Waals surface area contributed by atoms with E-state index in [1.54, 1.807) is 12.1 Å². The Morgan fingerprint density at radius 3 is 2.35 bits per heavy atom. The van der Waals surface area contributed by atoms with Gasteiger partial charge < -0.3 is 10.4 Å². The third-order valence-electron chi connectivity index (χ3n) is 3.76. The first-order chi connectivity index (χ1) is 9.65. The van der Waals surface area contributed by atoms with Crippen LogP contribution in [0.5, 0.6) is 5.75 Å². The quantitative estimate of drug-likeness (QED) is 0.815. The average molecular weight is 269 g/mol. The SMILES string of the molecule is CCc1cccc(C)c1NC(CC)c1ccc(O)cc1. The van der Waals surface area contributed by atoms with Gasteiger partial charge in [-0.05, 0) is 48.6 Å². The van der Waals surface area contributed by atoms with Gasteiger partial charge in [-0.2, -0.15) is 0 Å². The van der Waals surface area contributed by atoms with E-state index in [-0.39, 0.29) is 6.04 Å². The number of phenols is 1. The summed E-state index contributed by atoms with van der Waals surface area (Å²) in [5.41, 5.74) is 5.08.